The molecule has 0 aliphatic carbocycles. The molecular formula is C9H12F2N3Na2O8P. The minimum atomic E-state index is -5.14. The van der Waals surface area contributed by atoms with E-state index in [2.05, 4.69) is 4.98 Å². The number of nitrogens with zero attached hydrogens (tertiary/aromatic N) is 2. The van der Waals surface area contributed by atoms with E-state index in [0.717, 1.165) is 12.3 Å². The molecule has 11 nitrogen and oxygen atoms in total. The van der Waals surface area contributed by atoms with Crippen molar-refractivity contribution in [1.82, 2.24) is 9.55 Å². The number of hydrogen-bond acceptors (Lipinski definition) is 9. The number of halogens is 2. The van der Waals surface area contributed by atoms with Crippen molar-refractivity contribution in [2.75, 3.05) is 12.3 Å². The summed E-state index contributed by atoms with van der Waals surface area (Å²) < 4.78 is 41.4. The van der Waals surface area contributed by atoms with Crippen molar-refractivity contribution in [3.8, 4) is 0 Å². The summed E-state index contributed by atoms with van der Waals surface area (Å²) in [5.74, 6) is -3.83. The Bertz CT molecular complexity index is 652. The Kier molecular flexibility index (Phi) is 11.9. The van der Waals surface area contributed by atoms with Gasteiger partial charge < -0.3 is 39.9 Å². The van der Waals surface area contributed by atoms with Crippen LogP contribution in [-0.4, -0.2) is 49.4 Å². The minimum absolute atomic E-state index is 0. The molecule has 2 rings (SSSR count). The van der Waals surface area contributed by atoms with Gasteiger partial charge in [-0.2, -0.15) is 13.8 Å². The first-order valence-electron chi connectivity index (χ1n) is 5.79. The van der Waals surface area contributed by atoms with Crippen molar-refractivity contribution in [1.29, 1.82) is 0 Å². The number of aliphatic hydroxyl groups excluding tert-OH is 2. The molecule has 25 heavy (non-hydrogen) atoms. The van der Waals surface area contributed by atoms with Gasteiger partial charge in [0.1, 0.15) is 11.9 Å². The average molecular weight is 405 g/mol. The second-order valence-electron chi connectivity index (χ2n) is 4.34. The van der Waals surface area contributed by atoms with Gasteiger partial charge >= 0.3 is 70.7 Å². The van der Waals surface area contributed by atoms with E-state index < -0.39 is 44.5 Å². The summed E-state index contributed by atoms with van der Waals surface area (Å²) in [5.41, 5.74) is 4.21. The number of rotatable bonds is 2. The van der Waals surface area contributed by atoms with Gasteiger partial charge in [0.05, 0.1) is 14.4 Å². The zero-order valence-corrected chi connectivity index (χ0v) is 18.0. The van der Waals surface area contributed by atoms with Crippen LogP contribution in [0.5, 0.6) is 0 Å². The van der Waals surface area contributed by atoms with E-state index in [4.69, 9.17) is 34.8 Å². The molecule has 0 saturated carbocycles. The Balaban J connectivity index is 0. The standard InChI is InChI=1S/C9H11F2N3O4.2Na.H3O4P/c10-9(11)6(16)4(3-15)18-7(9)14-2-1-5(12)13-8(14)17;;;1-5(2,3)4/h1-2,4,6-7,15-16H,3H2,(H2,12,13,17);;;(H3,1,2,3,4)/q;2*+1;/p-2/t4-,6-,7-;;;/m1.../s1. The van der Waals surface area contributed by atoms with Gasteiger partial charge in [0.25, 0.3) is 0 Å². The number of aliphatic hydroxyl groups is 2. The van der Waals surface area contributed by atoms with Gasteiger partial charge in [0.15, 0.2) is 6.10 Å². The molecular weight excluding hydrogens is 393 g/mol. The molecule has 0 aromatic carbocycles. The van der Waals surface area contributed by atoms with Crippen LogP contribution in [0.1, 0.15) is 6.23 Å². The van der Waals surface area contributed by atoms with Gasteiger partial charge in [0.2, 0.25) is 6.23 Å². The van der Waals surface area contributed by atoms with Crippen LogP contribution in [0.2, 0.25) is 0 Å². The molecule has 1 aromatic heterocycles. The maximum Gasteiger partial charge on any atom is 1.00 e. The number of nitrogens with two attached hydrogens (primary N) is 1. The summed E-state index contributed by atoms with van der Waals surface area (Å²) in [6.07, 6.45) is -4.69. The smallest absolute Gasteiger partial charge is 0.790 e. The molecule has 5 N–H and O–H groups in total. The second kappa shape index (κ2) is 10.8. The van der Waals surface area contributed by atoms with E-state index in [1.54, 1.807) is 0 Å². The fourth-order valence-electron chi connectivity index (χ4n) is 1.72. The number of aromatic nitrogens is 2. The summed E-state index contributed by atoms with van der Waals surface area (Å²) in [7, 11) is -5.14. The topological polar surface area (TPSA) is 194 Å². The zero-order valence-electron chi connectivity index (χ0n) is 13.2. The number of anilines is 1. The Hall–Kier alpha value is 0.530. The van der Waals surface area contributed by atoms with E-state index in [1.807, 2.05) is 0 Å². The number of ether oxygens (including phenoxy) is 1. The molecule has 0 unspecified atom stereocenters. The Labute approximate surface area is 183 Å². The van der Waals surface area contributed by atoms with Crippen molar-refractivity contribution in [3.05, 3.63) is 22.7 Å². The van der Waals surface area contributed by atoms with Crippen LogP contribution in [0.15, 0.2) is 17.1 Å². The molecule has 1 aliphatic heterocycles. The van der Waals surface area contributed by atoms with Crippen molar-refractivity contribution < 1.29 is 102 Å². The van der Waals surface area contributed by atoms with E-state index >= 15 is 0 Å². The fourth-order valence-corrected chi connectivity index (χ4v) is 1.72. The van der Waals surface area contributed by atoms with E-state index in [-0.39, 0.29) is 64.9 Å². The third-order valence-corrected chi connectivity index (χ3v) is 2.66. The van der Waals surface area contributed by atoms with Crippen LogP contribution < -0.4 is 80.3 Å². The van der Waals surface area contributed by atoms with E-state index in [1.165, 1.54) is 0 Å². The van der Waals surface area contributed by atoms with Crippen molar-refractivity contribution in [2.24, 2.45) is 0 Å². The van der Waals surface area contributed by atoms with E-state index in [0.29, 0.717) is 4.57 Å². The molecule has 0 spiro atoms. The first kappa shape index (κ1) is 27.7. The molecule has 132 valence electrons. The zero-order chi connectivity index (χ0) is 18.0. The van der Waals surface area contributed by atoms with Crippen LogP contribution in [0.25, 0.3) is 0 Å². The normalized spacial score (nSPS) is 24.4. The Morgan fingerprint density at radius 1 is 1.44 bits per heavy atom. The van der Waals surface area contributed by atoms with Gasteiger partial charge in [-0.15, -0.1) is 0 Å². The van der Waals surface area contributed by atoms with E-state index in [9.17, 15) is 18.7 Å². The molecule has 16 heteroatoms. The van der Waals surface area contributed by atoms with Gasteiger partial charge in [-0.25, -0.2) is 4.79 Å². The maximum atomic E-state index is 13.7. The summed E-state index contributed by atoms with van der Waals surface area (Å²) >= 11 is 0. The summed E-state index contributed by atoms with van der Waals surface area (Å²) in [6, 6.07) is 1.15. The molecule has 0 radical (unpaired) electrons. The molecule has 1 aromatic rings. The first-order valence-corrected chi connectivity index (χ1v) is 7.29. The third-order valence-electron chi connectivity index (χ3n) is 2.66. The molecule has 1 aliphatic rings. The number of nitrogen functional groups attached to an aromatic ring is 1. The molecule has 0 bridgehead atoms. The molecule has 1 fully saturated rings. The van der Waals surface area contributed by atoms with Gasteiger partial charge in [-0.1, -0.05) is 0 Å². The number of phosphoric acid groups is 1. The Morgan fingerprint density at radius 3 is 2.28 bits per heavy atom. The van der Waals surface area contributed by atoms with Crippen molar-refractivity contribution in [3.63, 3.8) is 0 Å². The minimum Gasteiger partial charge on any atom is -0.790 e. The maximum absolute atomic E-state index is 13.7. The predicted octanol–water partition coefficient (Wildman–Crippen LogP) is -9.47. The first-order chi connectivity index (χ1) is 10.4. The van der Waals surface area contributed by atoms with Crippen LogP contribution in [0.3, 0.4) is 0 Å². The monoisotopic (exact) mass is 405 g/mol. The number of alkyl halides is 2. The molecule has 3 atom stereocenters. The summed E-state index contributed by atoms with van der Waals surface area (Å²) in [4.78, 5) is 39.0. The largest absolute Gasteiger partial charge is 1.00 e. The number of hydrogen-bond donors (Lipinski definition) is 4. The summed E-state index contributed by atoms with van der Waals surface area (Å²) in [5, 5.41) is 18.1. The Morgan fingerprint density at radius 2 is 1.92 bits per heavy atom. The van der Waals surface area contributed by atoms with Crippen LogP contribution >= 0.6 is 7.82 Å². The average Bonchev–Trinajstić information content (AvgIpc) is 2.60. The summed E-state index contributed by atoms with van der Waals surface area (Å²) in [6.45, 7) is -0.787. The van der Waals surface area contributed by atoms with Gasteiger partial charge in [0, 0.05) is 6.20 Å². The SMILES string of the molecule is Nc1ccn([C@@H]2O[C@H](CO)[C@@H](O)C2(F)F)c(=O)n1.O=P([O-])([O-])O.[Na+].[Na+]. The van der Waals surface area contributed by atoms with Gasteiger partial charge in [-0.05, 0) is 6.07 Å². The van der Waals surface area contributed by atoms with Crippen molar-refractivity contribution in [2.45, 2.75) is 24.4 Å². The van der Waals surface area contributed by atoms with Crippen LogP contribution in [0, 0.1) is 0 Å². The predicted molar refractivity (Wildman–Crippen MR) is 64.7 cm³/mol. The molecule has 1 saturated heterocycles. The molecule has 0 amide bonds. The van der Waals surface area contributed by atoms with Gasteiger partial charge in [-0.3, -0.25) is 4.57 Å². The van der Waals surface area contributed by atoms with Crippen molar-refractivity contribution >= 4 is 13.6 Å². The second-order valence-corrected chi connectivity index (χ2v) is 5.28. The van der Waals surface area contributed by atoms with Crippen LogP contribution in [0.4, 0.5) is 14.6 Å². The third kappa shape index (κ3) is 7.97. The fraction of sp³-hybridized carbons (Fsp3) is 0.556. The molecule has 2 heterocycles. The quantitative estimate of drug-likeness (QED) is 0.271. The van der Waals surface area contributed by atoms with Crippen LogP contribution in [-0.2, 0) is 9.30 Å².